The zero-order valence-corrected chi connectivity index (χ0v) is 30.5. The molecule has 0 heterocycles. The molecule has 0 bridgehead atoms. The van der Waals surface area contributed by atoms with Gasteiger partial charge in [-0.3, -0.25) is 4.79 Å². The Morgan fingerprint density at radius 2 is 1.79 bits per heavy atom. The number of carbonyl (C=O) groups excluding carboxylic acids is 1. The molecule has 48 heavy (non-hydrogen) atoms. The van der Waals surface area contributed by atoms with Gasteiger partial charge in [-0.1, -0.05) is 95.9 Å². The van der Waals surface area contributed by atoms with E-state index in [4.69, 9.17) is 9.47 Å². The molecule has 0 radical (unpaired) electrons. The summed E-state index contributed by atoms with van der Waals surface area (Å²) < 4.78 is 12.4. The summed E-state index contributed by atoms with van der Waals surface area (Å²) in [5, 5.41) is 5.60. The van der Waals surface area contributed by atoms with Crippen LogP contribution in [0.2, 0.25) is 0 Å². The first-order chi connectivity index (χ1) is 23.2. The van der Waals surface area contributed by atoms with Gasteiger partial charge in [-0.05, 0) is 121 Å². The summed E-state index contributed by atoms with van der Waals surface area (Å²) >= 11 is 0. The van der Waals surface area contributed by atoms with Gasteiger partial charge in [0.05, 0.1) is 31.5 Å². The smallest absolute Gasteiger partial charge is 0.188 e. The third-order valence-corrected chi connectivity index (χ3v) is 14.1. The first-order valence-electron chi connectivity index (χ1n) is 19.6. The maximum Gasteiger partial charge on any atom is 0.188 e. The molecule has 3 fully saturated rings. The van der Waals surface area contributed by atoms with Crippen LogP contribution in [0.5, 0.6) is 0 Å². The Labute approximate surface area is 290 Å². The zero-order valence-electron chi connectivity index (χ0n) is 30.5. The summed E-state index contributed by atoms with van der Waals surface area (Å²) in [6.07, 6.45) is 21.5. The molecule has 0 amide bonds. The number of hydrogen-bond acceptors (Lipinski definition) is 4. The highest BCUT2D eigenvalue weighted by atomic mass is 16.5. The van der Waals surface area contributed by atoms with E-state index >= 15 is 0 Å². The highest BCUT2D eigenvalue weighted by Gasteiger charge is 2.59. The van der Waals surface area contributed by atoms with Crippen LogP contribution in [0, 0.1) is 46.3 Å². The van der Waals surface area contributed by atoms with Crippen LogP contribution in [0.15, 0.2) is 48.1 Å². The molecule has 0 aliphatic heterocycles. The number of benzene rings is 2. The van der Waals surface area contributed by atoms with E-state index in [1.807, 2.05) is 18.2 Å². The lowest BCUT2D eigenvalue weighted by Gasteiger charge is -2.58. The van der Waals surface area contributed by atoms with E-state index in [1.54, 1.807) is 11.6 Å². The van der Waals surface area contributed by atoms with Gasteiger partial charge < -0.3 is 14.8 Å². The number of rotatable bonds is 13. The monoisotopic (exact) mass is 651 g/mol. The molecule has 3 saturated carbocycles. The van der Waals surface area contributed by atoms with Crippen molar-refractivity contribution in [1.82, 2.24) is 0 Å². The van der Waals surface area contributed by atoms with Crippen LogP contribution in [-0.4, -0.2) is 38.3 Å². The standard InChI is InChI=1S/C44H61NO3/c1-29(2)8-6-9-30(3)36-16-17-37-35-15-14-33-28-34(20-22-43(33,4)38(35)21-23-44(36,37)5)48-27-26-47-25-24-45-39-18-12-31-10-7-11-32-13-19-40(46)42(39)41(31)32/h7,10-14,18-19,29-30,34-38,45H,6,8-9,15-17,20-28H2,1-5H3/t30-,34+,35+,36-,37+,38+,43+,44-/m0/s1. The van der Waals surface area contributed by atoms with E-state index < -0.39 is 0 Å². The van der Waals surface area contributed by atoms with E-state index in [9.17, 15) is 4.79 Å². The molecule has 5 aliphatic carbocycles. The number of allylic oxidation sites excluding steroid dienone is 2. The molecule has 1 N–H and O–H groups in total. The van der Waals surface area contributed by atoms with E-state index in [0.717, 1.165) is 69.5 Å². The number of fused-ring (bicyclic) bond motifs is 5. The van der Waals surface area contributed by atoms with Crippen molar-refractivity contribution in [2.45, 2.75) is 111 Å². The van der Waals surface area contributed by atoms with Crippen molar-refractivity contribution in [2.24, 2.45) is 46.3 Å². The predicted molar refractivity (Wildman–Crippen MR) is 199 cm³/mol. The third-order valence-electron chi connectivity index (χ3n) is 14.1. The molecule has 0 unspecified atom stereocenters. The summed E-state index contributed by atoms with van der Waals surface area (Å²) in [5.41, 5.74) is 5.40. The lowest BCUT2D eigenvalue weighted by Crippen LogP contribution is -2.51. The SMILES string of the molecule is CC(C)CCC[C@H](C)[C@@H]1CC[C@@H]2[C@H]3CC=C4C[C@H](OCCOCCNc5ccc6cccc7c6c5C(=O)C=C7)CC[C@@]4(C)[C@@H]3CC[C@]21C. The predicted octanol–water partition coefficient (Wildman–Crippen LogP) is 10.9. The fourth-order valence-corrected chi connectivity index (χ4v) is 11.6. The first kappa shape index (κ1) is 34.0. The highest BCUT2D eigenvalue weighted by Crippen LogP contribution is 2.67. The molecule has 0 saturated heterocycles. The molecule has 4 nitrogen and oxygen atoms in total. The van der Waals surface area contributed by atoms with Gasteiger partial charge in [0.1, 0.15) is 0 Å². The minimum Gasteiger partial charge on any atom is -0.382 e. The summed E-state index contributed by atoms with van der Waals surface area (Å²) in [6.45, 7) is 15.2. The lowest BCUT2D eigenvalue weighted by atomic mass is 9.47. The van der Waals surface area contributed by atoms with Crippen LogP contribution in [0.3, 0.4) is 0 Å². The van der Waals surface area contributed by atoms with Gasteiger partial charge in [0.25, 0.3) is 0 Å². The molecule has 7 rings (SSSR count). The Bertz CT molecular complexity index is 1540. The van der Waals surface area contributed by atoms with Crippen molar-refractivity contribution in [2.75, 3.05) is 31.7 Å². The van der Waals surface area contributed by atoms with Gasteiger partial charge in [0.2, 0.25) is 0 Å². The number of hydrogen-bond donors (Lipinski definition) is 1. The summed E-state index contributed by atoms with van der Waals surface area (Å²) in [4.78, 5) is 12.8. The van der Waals surface area contributed by atoms with E-state index in [2.05, 4.69) is 64.2 Å². The maximum absolute atomic E-state index is 12.8. The quantitative estimate of drug-likeness (QED) is 0.173. The number of ketones is 1. The second-order valence-corrected chi connectivity index (χ2v) is 17.2. The van der Waals surface area contributed by atoms with Crippen molar-refractivity contribution in [3.8, 4) is 0 Å². The highest BCUT2D eigenvalue weighted by molar-refractivity contribution is 6.23. The van der Waals surface area contributed by atoms with Crippen molar-refractivity contribution in [3.05, 3.63) is 59.2 Å². The molecule has 0 aromatic heterocycles. The Morgan fingerprint density at radius 3 is 2.65 bits per heavy atom. The molecule has 2 aromatic rings. The van der Waals surface area contributed by atoms with Crippen molar-refractivity contribution < 1.29 is 14.3 Å². The Hall–Kier alpha value is -2.43. The second-order valence-electron chi connectivity index (χ2n) is 17.2. The van der Waals surface area contributed by atoms with E-state index in [-0.39, 0.29) is 5.78 Å². The minimum atomic E-state index is 0.0648. The summed E-state index contributed by atoms with van der Waals surface area (Å²) in [5.74, 6) is 5.37. The van der Waals surface area contributed by atoms with Crippen molar-refractivity contribution in [1.29, 1.82) is 0 Å². The average Bonchev–Trinajstić information content (AvgIpc) is 3.43. The molecule has 0 spiro atoms. The van der Waals surface area contributed by atoms with Crippen molar-refractivity contribution in [3.63, 3.8) is 0 Å². The van der Waals surface area contributed by atoms with Crippen LogP contribution >= 0.6 is 0 Å². The van der Waals surface area contributed by atoms with Gasteiger partial charge in [-0.2, -0.15) is 0 Å². The van der Waals surface area contributed by atoms with Gasteiger partial charge in [0, 0.05) is 17.6 Å². The van der Waals surface area contributed by atoms with Gasteiger partial charge >= 0.3 is 0 Å². The molecule has 260 valence electrons. The zero-order chi connectivity index (χ0) is 33.5. The Morgan fingerprint density at radius 1 is 0.917 bits per heavy atom. The first-order valence-corrected chi connectivity index (χ1v) is 19.6. The lowest BCUT2D eigenvalue weighted by molar-refractivity contribution is -0.0676. The topological polar surface area (TPSA) is 47.6 Å². The maximum atomic E-state index is 12.8. The molecular formula is C44H61NO3. The number of carbonyl (C=O) groups is 1. The molecule has 4 heteroatoms. The number of anilines is 1. The summed E-state index contributed by atoms with van der Waals surface area (Å²) in [7, 11) is 0. The van der Waals surface area contributed by atoms with E-state index in [0.29, 0.717) is 43.3 Å². The number of nitrogens with one attached hydrogen (secondary N) is 1. The van der Waals surface area contributed by atoms with Crippen LogP contribution in [-0.2, 0) is 9.47 Å². The van der Waals surface area contributed by atoms with Gasteiger partial charge in [-0.25, -0.2) is 0 Å². The van der Waals surface area contributed by atoms with Gasteiger partial charge in [-0.15, -0.1) is 0 Å². The molecule has 2 aromatic carbocycles. The van der Waals surface area contributed by atoms with Crippen LogP contribution < -0.4 is 5.32 Å². The molecule has 8 atom stereocenters. The second kappa shape index (κ2) is 14.1. The number of ether oxygens (including phenoxy) is 2. The fraction of sp³-hybridized carbons (Fsp3) is 0.659. The van der Waals surface area contributed by atoms with Crippen molar-refractivity contribution >= 4 is 28.3 Å². The van der Waals surface area contributed by atoms with Crippen LogP contribution in [0.4, 0.5) is 5.69 Å². The third kappa shape index (κ3) is 6.34. The van der Waals surface area contributed by atoms with Crippen LogP contribution in [0.1, 0.15) is 121 Å². The normalized spacial score (nSPS) is 32.9. The van der Waals surface area contributed by atoms with Crippen LogP contribution in [0.25, 0.3) is 16.8 Å². The van der Waals surface area contributed by atoms with E-state index in [1.165, 1.54) is 64.2 Å². The largest absolute Gasteiger partial charge is 0.382 e. The average molecular weight is 652 g/mol. The minimum absolute atomic E-state index is 0.0648. The fourth-order valence-electron chi connectivity index (χ4n) is 11.6. The van der Waals surface area contributed by atoms with Gasteiger partial charge in [0.15, 0.2) is 5.78 Å². The Kier molecular flexibility index (Phi) is 9.97. The molecule has 5 aliphatic rings. The summed E-state index contributed by atoms with van der Waals surface area (Å²) in [6, 6.07) is 10.3. The molecular weight excluding hydrogens is 590 g/mol. The Balaban J connectivity index is 0.867.